The first-order valence-corrected chi connectivity index (χ1v) is 12.6. The average molecular weight is 517 g/mol. The van der Waals surface area contributed by atoms with Crippen LogP contribution in [0.15, 0.2) is 30.9 Å². The van der Waals surface area contributed by atoms with E-state index in [0.717, 1.165) is 32.1 Å². The van der Waals surface area contributed by atoms with E-state index >= 15 is 0 Å². The summed E-state index contributed by atoms with van der Waals surface area (Å²) in [6.45, 7) is 10.4. The Morgan fingerprint density at radius 1 is 1.22 bits per heavy atom. The predicted molar refractivity (Wildman–Crippen MR) is 139 cm³/mol. The number of nitrogens with two attached hydrogens (primary N) is 1. The lowest BCUT2D eigenvalue weighted by molar-refractivity contribution is -0.143. The van der Waals surface area contributed by atoms with Crippen molar-refractivity contribution in [2.75, 3.05) is 6.54 Å². The van der Waals surface area contributed by atoms with E-state index < -0.39 is 47.9 Å². The van der Waals surface area contributed by atoms with Crippen LogP contribution in [0.4, 0.5) is 4.79 Å². The van der Waals surface area contributed by atoms with Crippen molar-refractivity contribution in [1.82, 2.24) is 15.5 Å². The van der Waals surface area contributed by atoms with Crippen molar-refractivity contribution in [1.29, 1.82) is 0 Å². The number of aryl methyl sites for hydroxylation is 1. The molecule has 1 aromatic rings. The summed E-state index contributed by atoms with van der Waals surface area (Å²) in [5.74, 6) is -1.85. The molecule has 204 valence electrons. The fourth-order valence-electron chi connectivity index (χ4n) is 4.36. The number of hydrogen-bond donors (Lipinski definition) is 4. The van der Waals surface area contributed by atoms with Gasteiger partial charge >= 0.3 is 6.09 Å². The van der Waals surface area contributed by atoms with Gasteiger partial charge in [-0.05, 0) is 63.8 Å². The zero-order valence-corrected chi connectivity index (χ0v) is 22.2. The summed E-state index contributed by atoms with van der Waals surface area (Å²) in [5, 5.41) is 15.5. The fraction of sp³-hybridized carbons (Fsp3) is 0.556. The van der Waals surface area contributed by atoms with Gasteiger partial charge in [-0.25, -0.2) is 4.79 Å². The lowest BCUT2D eigenvalue weighted by Gasteiger charge is -2.35. The first-order valence-electron chi connectivity index (χ1n) is 12.6. The van der Waals surface area contributed by atoms with Crippen molar-refractivity contribution in [3.8, 4) is 5.75 Å². The van der Waals surface area contributed by atoms with E-state index in [0.29, 0.717) is 11.1 Å². The number of rotatable bonds is 10. The van der Waals surface area contributed by atoms with E-state index in [2.05, 4.69) is 17.2 Å². The highest BCUT2D eigenvalue weighted by Crippen LogP contribution is 2.28. The number of nitrogens with zero attached hydrogens (tertiary/aromatic N) is 1. The van der Waals surface area contributed by atoms with Gasteiger partial charge in [-0.2, -0.15) is 0 Å². The van der Waals surface area contributed by atoms with Crippen LogP contribution in [0.2, 0.25) is 0 Å². The molecule has 0 heterocycles. The Morgan fingerprint density at radius 2 is 1.86 bits per heavy atom. The number of phenols is 1. The van der Waals surface area contributed by atoms with Crippen LogP contribution >= 0.6 is 0 Å². The van der Waals surface area contributed by atoms with Crippen LogP contribution in [0.1, 0.15) is 76.5 Å². The summed E-state index contributed by atoms with van der Waals surface area (Å²) >= 11 is 0. The second-order valence-corrected chi connectivity index (χ2v) is 10.4. The van der Waals surface area contributed by atoms with E-state index in [9.17, 15) is 24.3 Å². The first-order chi connectivity index (χ1) is 17.3. The number of aromatic hydroxyl groups is 1. The summed E-state index contributed by atoms with van der Waals surface area (Å²) in [4.78, 5) is 53.0. The second-order valence-electron chi connectivity index (χ2n) is 10.4. The minimum absolute atomic E-state index is 0.0241. The predicted octanol–water partition coefficient (Wildman–Crippen LogP) is 2.97. The third kappa shape index (κ3) is 9.11. The summed E-state index contributed by atoms with van der Waals surface area (Å²) < 4.78 is 5.26. The van der Waals surface area contributed by atoms with Gasteiger partial charge in [0.2, 0.25) is 17.7 Å². The molecule has 2 unspecified atom stereocenters. The monoisotopic (exact) mass is 516 g/mol. The van der Waals surface area contributed by atoms with Crippen LogP contribution < -0.4 is 16.4 Å². The highest BCUT2D eigenvalue weighted by Gasteiger charge is 2.37. The number of ether oxygens (including phenoxy) is 1. The molecule has 2 rings (SSSR count). The van der Waals surface area contributed by atoms with E-state index in [1.165, 1.54) is 17.0 Å². The third-order valence-electron chi connectivity index (χ3n) is 6.05. The molecule has 5 N–H and O–H groups in total. The molecule has 1 saturated carbocycles. The van der Waals surface area contributed by atoms with E-state index in [4.69, 9.17) is 10.5 Å². The quantitative estimate of drug-likeness (QED) is 0.351. The van der Waals surface area contributed by atoms with Gasteiger partial charge in [0.1, 0.15) is 23.4 Å². The Kier molecular flexibility index (Phi) is 10.5. The van der Waals surface area contributed by atoms with Crippen molar-refractivity contribution in [2.45, 2.75) is 89.9 Å². The van der Waals surface area contributed by atoms with Gasteiger partial charge in [0, 0.05) is 12.6 Å². The molecule has 1 aliphatic rings. The Hall–Kier alpha value is -3.56. The number of benzene rings is 1. The second kappa shape index (κ2) is 13.1. The molecule has 0 aromatic heterocycles. The Balaban J connectivity index is 2.47. The molecule has 0 saturated heterocycles. The molecular weight excluding hydrogens is 476 g/mol. The van der Waals surface area contributed by atoms with E-state index in [-0.39, 0.29) is 18.3 Å². The molecule has 4 amide bonds. The molecular formula is C27H40N4O6. The van der Waals surface area contributed by atoms with Gasteiger partial charge < -0.3 is 31.1 Å². The lowest BCUT2D eigenvalue weighted by Crippen LogP contribution is -2.54. The molecule has 0 bridgehead atoms. The maximum Gasteiger partial charge on any atom is 0.408 e. The SMILES string of the molecule is C=CCN(C(=O)C(CC(N)=O)NC(=O)OC(C)(C)C)C(C(=O)NC1CCCCC1)c1ccc(O)c(C)c1. The maximum absolute atomic E-state index is 13.8. The largest absolute Gasteiger partial charge is 0.508 e. The molecule has 1 fully saturated rings. The molecule has 0 radical (unpaired) electrons. The van der Waals surface area contributed by atoms with Crippen LogP contribution in [0.25, 0.3) is 0 Å². The molecule has 1 aromatic carbocycles. The van der Waals surface area contributed by atoms with Gasteiger partial charge in [0.05, 0.1) is 6.42 Å². The fourth-order valence-corrected chi connectivity index (χ4v) is 4.36. The van der Waals surface area contributed by atoms with E-state index in [1.807, 2.05) is 0 Å². The zero-order chi connectivity index (χ0) is 27.8. The summed E-state index contributed by atoms with van der Waals surface area (Å²) in [7, 11) is 0. The minimum atomic E-state index is -1.37. The van der Waals surface area contributed by atoms with Crippen molar-refractivity contribution in [2.24, 2.45) is 5.73 Å². The van der Waals surface area contributed by atoms with Crippen LogP contribution in [0.3, 0.4) is 0 Å². The third-order valence-corrected chi connectivity index (χ3v) is 6.05. The summed E-state index contributed by atoms with van der Waals surface area (Å²) in [5.41, 5.74) is 5.54. The number of carbonyl (C=O) groups excluding carboxylic acids is 4. The molecule has 1 aliphatic carbocycles. The Labute approximate surface area is 218 Å². The molecule has 10 heteroatoms. The zero-order valence-electron chi connectivity index (χ0n) is 22.2. The number of alkyl carbamates (subject to hydrolysis) is 1. The van der Waals surface area contributed by atoms with Crippen LogP contribution in [-0.4, -0.2) is 58.1 Å². The molecule has 37 heavy (non-hydrogen) atoms. The first kappa shape index (κ1) is 29.7. The lowest BCUT2D eigenvalue weighted by atomic mass is 9.94. The smallest absolute Gasteiger partial charge is 0.408 e. The van der Waals surface area contributed by atoms with Crippen molar-refractivity contribution in [3.63, 3.8) is 0 Å². The standard InChI is InChI=1S/C27H40N4O6/c1-6-14-31(25(35)20(16-22(28)33)30-26(36)37-27(3,4)5)23(18-12-13-21(32)17(2)15-18)24(34)29-19-10-8-7-9-11-19/h6,12-13,15,19-20,23,32H,1,7-11,14,16H2,2-5H3,(H2,28,33)(H,29,34)(H,30,36). The van der Waals surface area contributed by atoms with Crippen LogP contribution in [-0.2, 0) is 19.1 Å². The van der Waals surface area contributed by atoms with Crippen molar-refractivity contribution in [3.05, 3.63) is 42.0 Å². The maximum atomic E-state index is 13.8. The molecule has 2 atom stereocenters. The van der Waals surface area contributed by atoms with Gasteiger partial charge in [0.15, 0.2) is 0 Å². The van der Waals surface area contributed by atoms with Gasteiger partial charge in [0.25, 0.3) is 0 Å². The van der Waals surface area contributed by atoms with Crippen molar-refractivity contribution >= 4 is 23.8 Å². The number of hydrogen-bond acceptors (Lipinski definition) is 6. The minimum Gasteiger partial charge on any atom is -0.508 e. The molecule has 10 nitrogen and oxygen atoms in total. The van der Waals surface area contributed by atoms with Gasteiger partial charge in [-0.3, -0.25) is 14.4 Å². The number of phenolic OH excluding ortho intramolecular Hbond substituents is 1. The van der Waals surface area contributed by atoms with Crippen molar-refractivity contribution < 1.29 is 29.0 Å². The van der Waals surface area contributed by atoms with Gasteiger partial charge in [-0.15, -0.1) is 6.58 Å². The summed E-state index contributed by atoms with van der Waals surface area (Å²) in [6.07, 6.45) is 4.87. The molecule has 0 spiro atoms. The number of primary amides is 1. The highest BCUT2D eigenvalue weighted by atomic mass is 16.6. The average Bonchev–Trinajstić information content (AvgIpc) is 2.79. The van der Waals surface area contributed by atoms with Crippen LogP contribution in [0.5, 0.6) is 5.75 Å². The van der Waals surface area contributed by atoms with E-state index in [1.54, 1.807) is 39.8 Å². The summed E-state index contributed by atoms with van der Waals surface area (Å²) in [6, 6.07) is 2.17. The van der Waals surface area contributed by atoms with Crippen LogP contribution in [0, 0.1) is 6.92 Å². The molecule has 0 aliphatic heterocycles. The highest BCUT2D eigenvalue weighted by molar-refractivity contribution is 5.94. The Bertz CT molecular complexity index is 997. The number of carbonyl (C=O) groups is 4. The normalized spacial score (nSPS) is 15.7. The Morgan fingerprint density at radius 3 is 2.41 bits per heavy atom. The van der Waals surface area contributed by atoms with Gasteiger partial charge in [-0.1, -0.05) is 31.4 Å². The topological polar surface area (TPSA) is 151 Å². The number of nitrogens with one attached hydrogen (secondary N) is 2. The number of amides is 4.